The number of alkyl carbamates (subject to hydrolysis) is 1. The predicted molar refractivity (Wildman–Crippen MR) is 115 cm³/mol. The number of carboxylic acids is 1. The fourth-order valence-corrected chi connectivity index (χ4v) is 3.23. The second-order valence-electron chi connectivity index (χ2n) is 8.40. The van der Waals surface area contributed by atoms with Crippen LogP contribution in [0.25, 0.3) is 16.9 Å². The van der Waals surface area contributed by atoms with E-state index in [1.807, 2.05) is 60.8 Å². The molecule has 0 radical (unpaired) electrons. The number of carbonyl (C=O) groups excluding carboxylic acids is 1. The lowest BCUT2D eigenvalue weighted by Crippen LogP contribution is -2.44. The van der Waals surface area contributed by atoms with E-state index in [2.05, 4.69) is 5.32 Å². The van der Waals surface area contributed by atoms with Crippen molar-refractivity contribution in [1.29, 1.82) is 0 Å². The summed E-state index contributed by atoms with van der Waals surface area (Å²) in [5.74, 6) is -1.14. The van der Waals surface area contributed by atoms with Gasteiger partial charge < -0.3 is 19.6 Å². The van der Waals surface area contributed by atoms with Crippen LogP contribution in [-0.2, 0) is 16.0 Å². The molecule has 2 aromatic heterocycles. The van der Waals surface area contributed by atoms with Crippen LogP contribution in [0.15, 0.2) is 42.6 Å². The van der Waals surface area contributed by atoms with Crippen LogP contribution in [0.3, 0.4) is 0 Å². The molecule has 1 amide bonds. The zero-order chi connectivity index (χ0) is 22.1. The molecule has 0 spiro atoms. The Morgan fingerprint density at radius 3 is 2.43 bits per heavy atom. The Bertz CT molecular complexity index is 1080. The molecule has 3 aromatic rings. The maximum absolute atomic E-state index is 12.2. The van der Waals surface area contributed by atoms with Crippen LogP contribution in [0.2, 0.25) is 0 Å². The predicted octanol–water partition coefficient (Wildman–Crippen LogP) is 4.14. The van der Waals surface area contributed by atoms with Crippen molar-refractivity contribution in [3.8, 4) is 11.3 Å². The van der Waals surface area contributed by atoms with Crippen LogP contribution in [0.1, 0.15) is 37.6 Å². The highest BCUT2D eigenvalue weighted by molar-refractivity contribution is 5.81. The van der Waals surface area contributed by atoms with Gasteiger partial charge in [-0.3, -0.25) is 0 Å². The minimum Gasteiger partial charge on any atom is -0.480 e. The molecular formula is C23H27N3O4. The van der Waals surface area contributed by atoms with Gasteiger partial charge in [0.2, 0.25) is 0 Å². The van der Waals surface area contributed by atoms with Crippen LogP contribution < -0.4 is 5.32 Å². The number of hydrogen-bond acceptors (Lipinski definition) is 4. The van der Waals surface area contributed by atoms with E-state index in [1.165, 1.54) is 0 Å². The molecule has 30 heavy (non-hydrogen) atoms. The number of aliphatic carboxylic acids is 1. The molecule has 3 rings (SSSR count). The Morgan fingerprint density at radius 1 is 1.17 bits per heavy atom. The number of fused-ring (bicyclic) bond motifs is 1. The van der Waals surface area contributed by atoms with E-state index in [9.17, 15) is 14.7 Å². The molecule has 0 saturated carbocycles. The highest BCUT2D eigenvalue weighted by Crippen LogP contribution is 2.27. The second kappa shape index (κ2) is 8.18. The number of carbonyl (C=O) groups is 2. The third-order valence-electron chi connectivity index (χ3n) is 4.66. The van der Waals surface area contributed by atoms with Gasteiger partial charge in [0.25, 0.3) is 0 Å². The Labute approximate surface area is 175 Å². The number of imidazole rings is 1. The Hall–Kier alpha value is -3.35. The number of amides is 1. The molecule has 2 N–H and O–H groups in total. The molecule has 0 aliphatic heterocycles. The monoisotopic (exact) mass is 409 g/mol. The van der Waals surface area contributed by atoms with Gasteiger partial charge in [0.1, 0.15) is 17.3 Å². The summed E-state index contributed by atoms with van der Waals surface area (Å²) >= 11 is 0. The number of ether oxygens (including phenoxy) is 1. The third-order valence-corrected chi connectivity index (χ3v) is 4.66. The number of nitrogens with one attached hydrogen (secondary N) is 1. The summed E-state index contributed by atoms with van der Waals surface area (Å²) < 4.78 is 7.12. The quantitative estimate of drug-likeness (QED) is 0.661. The number of carboxylic acid groups (broad SMARTS) is 1. The number of pyridine rings is 1. The summed E-state index contributed by atoms with van der Waals surface area (Å²) in [5.41, 5.74) is 4.42. The molecule has 2 heterocycles. The smallest absolute Gasteiger partial charge is 0.408 e. The van der Waals surface area contributed by atoms with Crippen molar-refractivity contribution in [3.63, 3.8) is 0 Å². The molecule has 7 nitrogen and oxygen atoms in total. The first-order valence-electron chi connectivity index (χ1n) is 9.81. The molecule has 0 aliphatic carbocycles. The fourth-order valence-electron chi connectivity index (χ4n) is 3.23. The largest absolute Gasteiger partial charge is 0.480 e. The molecule has 1 aromatic carbocycles. The lowest BCUT2D eigenvalue weighted by atomic mass is 10.0. The zero-order valence-electron chi connectivity index (χ0n) is 17.9. The fraction of sp³-hybridized carbons (Fsp3) is 0.348. The Balaban J connectivity index is 2.03. The van der Waals surface area contributed by atoms with Crippen LogP contribution in [-0.4, -0.2) is 38.2 Å². The summed E-state index contributed by atoms with van der Waals surface area (Å²) in [6.07, 6.45) is 1.15. The average molecular weight is 409 g/mol. The normalized spacial score (nSPS) is 12.6. The maximum Gasteiger partial charge on any atom is 0.408 e. The number of aryl methyl sites for hydroxylation is 2. The van der Waals surface area contributed by atoms with Crippen molar-refractivity contribution in [3.05, 3.63) is 59.4 Å². The third kappa shape index (κ3) is 4.79. The number of aromatic nitrogens is 2. The van der Waals surface area contributed by atoms with Gasteiger partial charge in [0.05, 0.1) is 11.4 Å². The van der Waals surface area contributed by atoms with Crippen LogP contribution in [0.5, 0.6) is 0 Å². The van der Waals surface area contributed by atoms with Crippen LogP contribution in [0, 0.1) is 13.8 Å². The summed E-state index contributed by atoms with van der Waals surface area (Å²) in [7, 11) is 0. The van der Waals surface area contributed by atoms with Crippen LogP contribution in [0.4, 0.5) is 4.79 Å². The second-order valence-corrected chi connectivity index (χ2v) is 8.40. The molecule has 1 atom stereocenters. The first-order chi connectivity index (χ1) is 14.0. The van der Waals surface area contributed by atoms with Gasteiger partial charge in [0, 0.05) is 18.2 Å². The molecule has 0 bridgehead atoms. The van der Waals surface area contributed by atoms with Gasteiger partial charge in [-0.2, -0.15) is 0 Å². The van der Waals surface area contributed by atoms with Gasteiger partial charge in [-0.15, -0.1) is 0 Å². The first-order valence-corrected chi connectivity index (χ1v) is 9.81. The Kier molecular flexibility index (Phi) is 5.82. The minimum absolute atomic E-state index is 0.0579. The van der Waals surface area contributed by atoms with Crippen molar-refractivity contribution in [2.45, 2.75) is 52.7 Å². The molecule has 0 fully saturated rings. The van der Waals surface area contributed by atoms with Gasteiger partial charge in [0.15, 0.2) is 0 Å². The lowest BCUT2D eigenvalue weighted by Gasteiger charge is -2.22. The molecular weight excluding hydrogens is 382 g/mol. The van der Waals surface area contributed by atoms with Gasteiger partial charge in [-0.05, 0) is 46.2 Å². The minimum atomic E-state index is -1.16. The number of hydrogen-bond donors (Lipinski definition) is 2. The van der Waals surface area contributed by atoms with E-state index in [4.69, 9.17) is 9.72 Å². The van der Waals surface area contributed by atoms with Gasteiger partial charge >= 0.3 is 12.1 Å². The summed E-state index contributed by atoms with van der Waals surface area (Å²) in [6, 6.07) is 10.6. The Morgan fingerprint density at radius 2 is 1.83 bits per heavy atom. The molecule has 158 valence electrons. The average Bonchev–Trinajstić information content (AvgIpc) is 3.00. The van der Waals surface area contributed by atoms with E-state index in [0.29, 0.717) is 11.4 Å². The highest BCUT2D eigenvalue weighted by atomic mass is 16.6. The summed E-state index contributed by atoms with van der Waals surface area (Å²) in [5, 5.41) is 12.2. The molecule has 1 unspecified atom stereocenters. The van der Waals surface area contributed by atoms with E-state index < -0.39 is 23.7 Å². The number of nitrogens with zero attached hydrogens (tertiary/aromatic N) is 2. The van der Waals surface area contributed by atoms with E-state index in [0.717, 1.165) is 22.3 Å². The first kappa shape index (κ1) is 21.4. The van der Waals surface area contributed by atoms with E-state index in [1.54, 1.807) is 20.8 Å². The van der Waals surface area contributed by atoms with Crippen LogP contribution >= 0.6 is 0 Å². The summed E-state index contributed by atoms with van der Waals surface area (Å²) in [4.78, 5) is 28.9. The maximum atomic E-state index is 12.2. The molecule has 7 heteroatoms. The van der Waals surface area contributed by atoms with Crippen molar-refractivity contribution in [1.82, 2.24) is 14.7 Å². The van der Waals surface area contributed by atoms with Crippen molar-refractivity contribution < 1.29 is 19.4 Å². The molecule has 0 aliphatic rings. The lowest BCUT2D eigenvalue weighted by molar-refractivity contribution is -0.139. The zero-order valence-corrected chi connectivity index (χ0v) is 17.9. The van der Waals surface area contributed by atoms with E-state index in [-0.39, 0.29) is 6.42 Å². The van der Waals surface area contributed by atoms with Crippen molar-refractivity contribution >= 4 is 17.7 Å². The van der Waals surface area contributed by atoms with Gasteiger partial charge in [-0.1, -0.05) is 35.9 Å². The SMILES string of the molecule is Cc1ccc(-c2nc3c(C)cccn3c2CC(NC(=O)OC(C)(C)C)C(=O)O)cc1. The topological polar surface area (TPSA) is 92.9 Å². The highest BCUT2D eigenvalue weighted by Gasteiger charge is 2.27. The van der Waals surface area contributed by atoms with Gasteiger partial charge in [-0.25, -0.2) is 14.6 Å². The number of benzene rings is 1. The number of rotatable bonds is 5. The van der Waals surface area contributed by atoms with Crippen molar-refractivity contribution in [2.24, 2.45) is 0 Å². The van der Waals surface area contributed by atoms with E-state index >= 15 is 0 Å². The summed E-state index contributed by atoms with van der Waals surface area (Å²) in [6.45, 7) is 9.14. The van der Waals surface area contributed by atoms with Crippen molar-refractivity contribution in [2.75, 3.05) is 0 Å². The molecule has 0 saturated heterocycles. The standard InChI is InChI=1S/C23H27N3O4/c1-14-8-10-16(11-9-14)19-18(26-12-6-7-15(2)20(26)25-19)13-17(21(27)28)24-22(29)30-23(3,4)5/h6-12,17H,13H2,1-5H3,(H,24,29)(H,27,28).